The largest absolute Gasteiger partial charge is 0.491 e. The van der Waals surface area contributed by atoms with Crippen LogP contribution < -0.4 is 15.1 Å². The number of nitrogens with zero attached hydrogens (tertiary/aromatic N) is 5. The summed E-state index contributed by atoms with van der Waals surface area (Å²) < 4.78 is 23.8. The molecule has 5 rings (SSSR count). The van der Waals surface area contributed by atoms with Crippen molar-refractivity contribution < 1.29 is 13.9 Å². The van der Waals surface area contributed by atoms with Crippen LogP contribution in [0.4, 0.5) is 10.1 Å². The van der Waals surface area contributed by atoms with Crippen molar-refractivity contribution in [2.24, 2.45) is 0 Å². The van der Waals surface area contributed by atoms with Crippen molar-refractivity contribution in [3.8, 4) is 28.5 Å². The molecule has 0 N–H and O–H groups in total. The maximum Gasteiger partial charge on any atom is 0.251 e. The van der Waals surface area contributed by atoms with Gasteiger partial charge >= 0.3 is 0 Å². The number of carbonyl (C=O) groups excluding carboxylic acids is 1. The Labute approximate surface area is 194 Å². The summed E-state index contributed by atoms with van der Waals surface area (Å²) in [6.45, 7) is 0.460. The quantitative estimate of drug-likeness (QED) is 0.454. The molecule has 1 saturated heterocycles. The third-order valence-corrected chi connectivity index (χ3v) is 5.81. The summed E-state index contributed by atoms with van der Waals surface area (Å²) in [5.74, 6) is -0.705. The molecule has 0 aliphatic carbocycles. The summed E-state index contributed by atoms with van der Waals surface area (Å²) in [4.78, 5) is 27.0. The third-order valence-electron chi connectivity index (χ3n) is 5.81. The molecule has 0 saturated carbocycles. The van der Waals surface area contributed by atoms with Crippen molar-refractivity contribution in [1.82, 2.24) is 19.6 Å². The molecule has 4 aromatic rings. The van der Waals surface area contributed by atoms with E-state index in [4.69, 9.17) is 4.74 Å². The van der Waals surface area contributed by atoms with Crippen molar-refractivity contribution in [3.05, 3.63) is 83.0 Å². The average molecular weight is 459 g/mol. The minimum atomic E-state index is -0.599. The minimum absolute atomic E-state index is 0.00432. The highest BCUT2D eigenvalue weighted by Gasteiger charge is 2.25. The van der Waals surface area contributed by atoms with Crippen molar-refractivity contribution in [1.29, 1.82) is 0 Å². The molecule has 1 fully saturated rings. The van der Waals surface area contributed by atoms with E-state index in [9.17, 15) is 9.59 Å². The number of benzene rings is 2. The standard InChI is InChI=1S/C25H22FN5O3/c1-34-21-16-30(19-11-7-10-18(23(19)26)29-15-6-5-12-22(29)32)28-24(25(21)33)20-13-14-27-31(20)17-8-3-2-4-9-17/h2-4,7-11,13-14,16H,5-6,12,15H2,1H3. The number of methoxy groups -OCH3 is 1. The molecule has 172 valence electrons. The highest BCUT2D eigenvalue weighted by atomic mass is 19.1. The van der Waals surface area contributed by atoms with E-state index in [0.717, 1.165) is 18.5 Å². The summed E-state index contributed by atoms with van der Waals surface area (Å²) in [6, 6.07) is 15.8. The first-order chi connectivity index (χ1) is 16.6. The number of ether oxygens (including phenoxy) is 1. The zero-order valence-corrected chi connectivity index (χ0v) is 18.5. The van der Waals surface area contributed by atoms with Gasteiger partial charge in [0.25, 0.3) is 5.43 Å². The number of hydrogen-bond donors (Lipinski definition) is 0. The first kappa shape index (κ1) is 21.6. The molecule has 2 aromatic heterocycles. The van der Waals surface area contributed by atoms with Gasteiger partial charge in [-0.2, -0.15) is 10.2 Å². The van der Waals surface area contributed by atoms with Crippen LogP contribution in [0.1, 0.15) is 19.3 Å². The molecule has 2 aromatic carbocycles. The maximum absolute atomic E-state index is 15.7. The van der Waals surface area contributed by atoms with Gasteiger partial charge in [-0.15, -0.1) is 0 Å². The molecule has 1 aliphatic rings. The molecule has 8 nitrogen and oxygen atoms in total. The van der Waals surface area contributed by atoms with E-state index in [2.05, 4.69) is 10.2 Å². The summed E-state index contributed by atoms with van der Waals surface area (Å²) in [5.41, 5.74) is 1.08. The van der Waals surface area contributed by atoms with Crippen LogP contribution in [0.25, 0.3) is 22.8 Å². The van der Waals surface area contributed by atoms with Crippen LogP contribution in [-0.2, 0) is 4.79 Å². The predicted octanol–water partition coefficient (Wildman–Crippen LogP) is 3.75. The van der Waals surface area contributed by atoms with Gasteiger partial charge in [0.2, 0.25) is 5.91 Å². The Kier molecular flexibility index (Phi) is 5.67. The van der Waals surface area contributed by atoms with Crippen LogP contribution in [0.3, 0.4) is 0 Å². The lowest BCUT2D eigenvalue weighted by atomic mass is 10.1. The SMILES string of the molecule is COc1cn(-c2cccc(N3CCCCC3=O)c2F)nc(-c2ccnn2-c2ccccc2)c1=O. The number of amides is 1. The lowest BCUT2D eigenvalue weighted by Crippen LogP contribution is -2.36. The average Bonchev–Trinajstić information content (AvgIpc) is 3.35. The molecule has 1 amide bonds. The lowest BCUT2D eigenvalue weighted by molar-refractivity contribution is -0.119. The predicted molar refractivity (Wildman–Crippen MR) is 125 cm³/mol. The molecule has 1 aliphatic heterocycles. The number of halogens is 1. The van der Waals surface area contributed by atoms with Gasteiger partial charge in [0.15, 0.2) is 17.3 Å². The molecule has 0 radical (unpaired) electrons. The second kappa shape index (κ2) is 8.93. The molecule has 0 atom stereocenters. The van der Waals surface area contributed by atoms with E-state index in [0.29, 0.717) is 18.7 Å². The fourth-order valence-corrected chi connectivity index (χ4v) is 4.12. The summed E-state index contributed by atoms with van der Waals surface area (Å²) in [6.07, 6.45) is 4.91. The third kappa shape index (κ3) is 3.75. The van der Waals surface area contributed by atoms with E-state index in [1.165, 1.54) is 22.9 Å². The second-order valence-electron chi connectivity index (χ2n) is 7.90. The van der Waals surface area contributed by atoms with Crippen LogP contribution in [0.15, 0.2) is 71.8 Å². The van der Waals surface area contributed by atoms with Crippen LogP contribution >= 0.6 is 0 Å². The monoisotopic (exact) mass is 459 g/mol. The summed E-state index contributed by atoms with van der Waals surface area (Å²) in [7, 11) is 1.37. The zero-order valence-electron chi connectivity index (χ0n) is 18.5. The van der Waals surface area contributed by atoms with Crippen LogP contribution in [-0.4, -0.2) is 39.1 Å². The van der Waals surface area contributed by atoms with E-state index in [1.54, 1.807) is 35.1 Å². The Morgan fingerprint density at radius 2 is 1.76 bits per heavy atom. The number of aromatic nitrogens is 4. The van der Waals surface area contributed by atoms with Gasteiger partial charge in [-0.25, -0.2) is 13.8 Å². The second-order valence-corrected chi connectivity index (χ2v) is 7.90. The van der Waals surface area contributed by atoms with Gasteiger partial charge in [-0.05, 0) is 43.2 Å². The first-order valence-corrected chi connectivity index (χ1v) is 11.0. The Morgan fingerprint density at radius 3 is 2.53 bits per heavy atom. The van der Waals surface area contributed by atoms with Crippen molar-refractivity contribution in [2.45, 2.75) is 19.3 Å². The highest BCUT2D eigenvalue weighted by Crippen LogP contribution is 2.29. The number of anilines is 1. The van der Waals surface area contributed by atoms with E-state index in [-0.39, 0.29) is 28.7 Å². The molecule has 3 heterocycles. The van der Waals surface area contributed by atoms with Crippen LogP contribution in [0.5, 0.6) is 5.75 Å². The van der Waals surface area contributed by atoms with Gasteiger partial charge in [0.05, 0.1) is 36.6 Å². The fourth-order valence-electron chi connectivity index (χ4n) is 4.12. The van der Waals surface area contributed by atoms with Gasteiger partial charge in [-0.1, -0.05) is 24.3 Å². The van der Waals surface area contributed by atoms with Gasteiger partial charge < -0.3 is 9.64 Å². The number of rotatable bonds is 5. The summed E-state index contributed by atoms with van der Waals surface area (Å²) in [5, 5.41) is 8.80. The molecular weight excluding hydrogens is 437 g/mol. The van der Waals surface area contributed by atoms with Gasteiger partial charge in [-0.3, -0.25) is 9.59 Å². The Hall–Kier alpha value is -4.27. The van der Waals surface area contributed by atoms with Crippen molar-refractivity contribution in [3.63, 3.8) is 0 Å². The van der Waals surface area contributed by atoms with Gasteiger partial charge in [0, 0.05) is 13.0 Å². The Balaban J connectivity index is 1.66. The number of para-hydroxylation sites is 1. The number of carbonyl (C=O) groups is 1. The molecule has 0 unspecified atom stereocenters. The van der Waals surface area contributed by atoms with Crippen LogP contribution in [0, 0.1) is 5.82 Å². The molecule has 9 heteroatoms. The molecule has 0 bridgehead atoms. The molecule has 34 heavy (non-hydrogen) atoms. The molecular formula is C25H22FN5O3. The van der Waals surface area contributed by atoms with Crippen molar-refractivity contribution in [2.75, 3.05) is 18.6 Å². The number of piperidine rings is 1. The van der Waals surface area contributed by atoms with Crippen LogP contribution in [0.2, 0.25) is 0 Å². The topological polar surface area (TPSA) is 82.2 Å². The highest BCUT2D eigenvalue weighted by molar-refractivity contribution is 5.94. The number of hydrogen-bond acceptors (Lipinski definition) is 5. The van der Waals surface area contributed by atoms with Crippen molar-refractivity contribution >= 4 is 11.6 Å². The first-order valence-electron chi connectivity index (χ1n) is 11.0. The maximum atomic E-state index is 15.7. The molecule has 0 spiro atoms. The Morgan fingerprint density at radius 1 is 0.971 bits per heavy atom. The van der Waals surface area contributed by atoms with E-state index >= 15 is 4.39 Å². The Bertz CT molecular complexity index is 1410. The lowest BCUT2D eigenvalue weighted by Gasteiger charge is -2.27. The van der Waals surface area contributed by atoms with Gasteiger partial charge in [0.1, 0.15) is 5.69 Å². The van der Waals surface area contributed by atoms with E-state index in [1.807, 2.05) is 30.3 Å². The minimum Gasteiger partial charge on any atom is -0.491 e. The smallest absolute Gasteiger partial charge is 0.251 e. The normalized spacial score (nSPS) is 13.8. The summed E-state index contributed by atoms with van der Waals surface area (Å²) >= 11 is 0. The van der Waals surface area contributed by atoms with E-state index < -0.39 is 11.2 Å². The fraction of sp³-hybridized carbons (Fsp3) is 0.200. The zero-order chi connectivity index (χ0) is 23.7.